The summed E-state index contributed by atoms with van der Waals surface area (Å²) in [6.07, 6.45) is 14.6. The third kappa shape index (κ3) is 8.25. The molecule has 0 aromatic rings. The minimum absolute atomic E-state index is 0.0638. The van der Waals surface area contributed by atoms with Gasteiger partial charge < -0.3 is 4.84 Å². The Kier molecular flexibility index (Phi) is 8.89. The lowest BCUT2D eigenvalue weighted by Crippen LogP contribution is -2.26. The van der Waals surface area contributed by atoms with Crippen molar-refractivity contribution in [1.29, 1.82) is 0 Å². The Hall–Kier alpha value is -0.570. The van der Waals surface area contributed by atoms with Crippen LogP contribution in [0.15, 0.2) is 5.16 Å². The van der Waals surface area contributed by atoms with E-state index in [1.807, 2.05) is 25.9 Å². The standard InChI is InChI=1S/C16H32N2O/c1-15(18(2)3)19-17-16-13-11-9-7-5-4-6-8-10-12-14-16/h15H,4-14H2,1-3H3. The Morgan fingerprint density at radius 3 is 1.68 bits per heavy atom. The molecule has 1 saturated carbocycles. The highest BCUT2D eigenvalue weighted by Gasteiger charge is 2.07. The summed E-state index contributed by atoms with van der Waals surface area (Å²) in [6, 6.07) is 0. The van der Waals surface area contributed by atoms with Gasteiger partial charge in [-0.3, -0.25) is 4.90 Å². The summed E-state index contributed by atoms with van der Waals surface area (Å²) < 4.78 is 0. The molecule has 3 heteroatoms. The molecular weight excluding hydrogens is 236 g/mol. The van der Waals surface area contributed by atoms with Crippen LogP contribution in [0.5, 0.6) is 0 Å². The van der Waals surface area contributed by atoms with Gasteiger partial charge in [0.1, 0.15) is 0 Å². The number of hydrogen-bond acceptors (Lipinski definition) is 3. The van der Waals surface area contributed by atoms with Crippen LogP contribution >= 0.6 is 0 Å². The molecule has 1 atom stereocenters. The zero-order valence-electron chi connectivity index (χ0n) is 13.2. The second-order valence-electron chi connectivity index (χ2n) is 6.01. The van der Waals surface area contributed by atoms with Gasteiger partial charge in [0.15, 0.2) is 6.23 Å². The fourth-order valence-corrected chi connectivity index (χ4v) is 2.36. The van der Waals surface area contributed by atoms with E-state index < -0.39 is 0 Å². The van der Waals surface area contributed by atoms with Crippen LogP contribution in [0, 0.1) is 0 Å². The van der Waals surface area contributed by atoms with Gasteiger partial charge in [0.25, 0.3) is 0 Å². The van der Waals surface area contributed by atoms with Crippen LogP contribution in [0.1, 0.15) is 77.6 Å². The van der Waals surface area contributed by atoms with E-state index in [4.69, 9.17) is 4.84 Å². The lowest BCUT2D eigenvalue weighted by molar-refractivity contribution is -0.0204. The summed E-state index contributed by atoms with van der Waals surface area (Å²) in [4.78, 5) is 7.62. The van der Waals surface area contributed by atoms with Crippen LogP contribution in [0.2, 0.25) is 0 Å². The Morgan fingerprint density at radius 1 is 0.842 bits per heavy atom. The van der Waals surface area contributed by atoms with Crippen LogP contribution in [0.3, 0.4) is 0 Å². The number of oxime groups is 1. The molecule has 0 heterocycles. The summed E-state index contributed by atoms with van der Waals surface area (Å²) in [6.45, 7) is 2.04. The van der Waals surface area contributed by atoms with Crippen molar-refractivity contribution < 1.29 is 4.84 Å². The average molecular weight is 268 g/mol. The van der Waals surface area contributed by atoms with Crippen molar-refractivity contribution in [3.05, 3.63) is 0 Å². The van der Waals surface area contributed by atoms with E-state index >= 15 is 0 Å². The summed E-state index contributed by atoms with van der Waals surface area (Å²) in [5, 5.41) is 4.41. The van der Waals surface area contributed by atoms with Crippen LogP contribution in [0.4, 0.5) is 0 Å². The third-order valence-corrected chi connectivity index (χ3v) is 3.99. The molecule has 0 aliphatic heterocycles. The summed E-state index contributed by atoms with van der Waals surface area (Å²) in [5.41, 5.74) is 1.27. The van der Waals surface area contributed by atoms with Crippen molar-refractivity contribution in [3.8, 4) is 0 Å². The van der Waals surface area contributed by atoms with Gasteiger partial charge >= 0.3 is 0 Å². The zero-order chi connectivity index (χ0) is 13.9. The second-order valence-corrected chi connectivity index (χ2v) is 6.01. The first-order chi connectivity index (χ1) is 9.20. The molecule has 1 unspecified atom stereocenters. The van der Waals surface area contributed by atoms with E-state index in [9.17, 15) is 0 Å². The highest BCUT2D eigenvalue weighted by Crippen LogP contribution is 2.15. The van der Waals surface area contributed by atoms with E-state index in [1.165, 1.54) is 63.5 Å². The van der Waals surface area contributed by atoms with E-state index in [1.54, 1.807) is 0 Å². The molecule has 3 nitrogen and oxygen atoms in total. The van der Waals surface area contributed by atoms with Crippen molar-refractivity contribution in [1.82, 2.24) is 4.90 Å². The van der Waals surface area contributed by atoms with Gasteiger partial charge in [0.05, 0.1) is 5.71 Å². The first-order valence-electron chi connectivity index (χ1n) is 8.08. The molecular formula is C16H32N2O. The van der Waals surface area contributed by atoms with Crippen LogP contribution < -0.4 is 0 Å². The zero-order valence-corrected chi connectivity index (χ0v) is 13.2. The first-order valence-corrected chi connectivity index (χ1v) is 8.08. The predicted octanol–water partition coefficient (Wildman–Crippen LogP) is 4.57. The highest BCUT2D eigenvalue weighted by atomic mass is 16.6. The quantitative estimate of drug-likeness (QED) is 0.553. The fourth-order valence-electron chi connectivity index (χ4n) is 2.36. The fraction of sp³-hybridized carbons (Fsp3) is 0.938. The molecule has 0 saturated heterocycles. The molecule has 1 rings (SSSR count). The van der Waals surface area contributed by atoms with E-state index in [2.05, 4.69) is 5.16 Å². The van der Waals surface area contributed by atoms with Crippen molar-refractivity contribution in [3.63, 3.8) is 0 Å². The maximum absolute atomic E-state index is 5.58. The smallest absolute Gasteiger partial charge is 0.177 e. The molecule has 0 N–H and O–H groups in total. The normalized spacial score (nSPS) is 21.4. The number of nitrogens with zero attached hydrogens (tertiary/aromatic N) is 2. The number of rotatable bonds is 3. The SMILES string of the molecule is CC(ON=C1CCCCCCCCCCC1)N(C)C. The maximum atomic E-state index is 5.58. The minimum Gasteiger partial charge on any atom is -0.377 e. The monoisotopic (exact) mass is 268 g/mol. The largest absolute Gasteiger partial charge is 0.377 e. The van der Waals surface area contributed by atoms with Gasteiger partial charge in [-0.15, -0.1) is 0 Å². The first kappa shape index (κ1) is 16.5. The molecule has 0 bridgehead atoms. The molecule has 0 spiro atoms. The molecule has 1 aliphatic carbocycles. The lowest BCUT2D eigenvalue weighted by atomic mass is 10.00. The molecule has 1 aliphatic rings. The van der Waals surface area contributed by atoms with Gasteiger partial charge in [-0.2, -0.15) is 0 Å². The number of hydrogen-bond donors (Lipinski definition) is 0. The van der Waals surface area contributed by atoms with Crippen LogP contribution in [-0.2, 0) is 4.84 Å². The molecule has 0 aromatic carbocycles. The highest BCUT2D eigenvalue weighted by molar-refractivity contribution is 5.83. The van der Waals surface area contributed by atoms with Crippen molar-refractivity contribution in [2.75, 3.05) is 14.1 Å². The second kappa shape index (κ2) is 10.2. The van der Waals surface area contributed by atoms with Gasteiger partial charge in [-0.25, -0.2) is 0 Å². The van der Waals surface area contributed by atoms with Crippen molar-refractivity contribution >= 4 is 5.71 Å². The molecule has 0 amide bonds. The maximum Gasteiger partial charge on any atom is 0.177 e. The van der Waals surface area contributed by atoms with Gasteiger partial charge in [-0.1, -0.05) is 50.1 Å². The van der Waals surface area contributed by atoms with Crippen molar-refractivity contribution in [2.45, 2.75) is 83.8 Å². The van der Waals surface area contributed by atoms with E-state index in [0.29, 0.717) is 0 Å². The molecule has 19 heavy (non-hydrogen) atoms. The predicted molar refractivity (Wildman–Crippen MR) is 82.5 cm³/mol. The van der Waals surface area contributed by atoms with Crippen LogP contribution in [0.25, 0.3) is 0 Å². The average Bonchev–Trinajstić information content (AvgIpc) is 2.37. The Bertz CT molecular complexity index is 237. The van der Waals surface area contributed by atoms with Gasteiger partial charge in [0, 0.05) is 0 Å². The summed E-state index contributed by atoms with van der Waals surface area (Å²) in [7, 11) is 4.04. The van der Waals surface area contributed by atoms with Gasteiger partial charge in [-0.05, 0) is 46.7 Å². The molecule has 1 fully saturated rings. The minimum atomic E-state index is 0.0638. The Morgan fingerprint density at radius 2 is 1.26 bits per heavy atom. The molecule has 0 radical (unpaired) electrons. The molecule has 112 valence electrons. The van der Waals surface area contributed by atoms with Crippen molar-refractivity contribution in [2.24, 2.45) is 5.16 Å². The van der Waals surface area contributed by atoms with E-state index in [0.717, 1.165) is 12.8 Å². The third-order valence-electron chi connectivity index (χ3n) is 3.99. The van der Waals surface area contributed by atoms with Gasteiger partial charge in [0.2, 0.25) is 0 Å². The summed E-state index contributed by atoms with van der Waals surface area (Å²) in [5.74, 6) is 0. The Labute approximate surface area is 119 Å². The lowest BCUT2D eigenvalue weighted by Gasteiger charge is -2.18. The topological polar surface area (TPSA) is 24.8 Å². The Balaban J connectivity index is 2.39. The van der Waals surface area contributed by atoms with Crippen LogP contribution in [-0.4, -0.2) is 30.9 Å². The molecule has 0 aromatic heterocycles. The summed E-state index contributed by atoms with van der Waals surface area (Å²) >= 11 is 0. The van der Waals surface area contributed by atoms with E-state index in [-0.39, 0.29) is 6.23 Å².